The molecule has 0 aromatic heterocycles. The summed E-state index contributed by atoms with van der Waals surface area (Å²) in [4.78, 5) is 15.6. The van der Waals surface area contributed by atoms with Crippen LogP contribution >= 0.6 is 0 Å². The molecule has 0 aliphatic carbocycles. The average Bonchev–Trinajstić information content (AvgIpc) is 3.03. The third-order valence-electron chi connectivity index (χ3n) is 3.39. The standard InChI is InChI=1S/C15H20N2O5/c1-4-5-9-6-10(7-12(20-2)13(9)21-3)15-16-11(8-22-15)14(18)17-19/h6-7,11,19H,4-5,8H2,1-3H3,(H,17,18)/t11-/m0/s1. The Labute approximate surface area is 128 Å². The van der Waals surface area contributed by atoms with Crippen molar-refractivity contribution in [1.82, 2.24) is 5.48 Å². The molecular weight excluding hydrogens is 288 g/mol. The van der Waals surface area contributed by atoms with Gasteiger partial charge in [0, 0.05) is 5.56 Å². The first-order chi connectivity index (χ1) is 10.6. The number of rotatable bonds is 6. The molecule has 0 spiro atoms. The molecule has 2 N–H and O–H groups in total. The monoisotopic (exact) mass is 308 g/mol. The van der Waals surface area contributed by atoms with Crippen LogP contribution < -0.4 is 15.0 Å². The zero-order valence-corrected chi connectivity index (χ0v) is 12.9. The molecule has 1 aliphatic rings. The highest BCUT2D eigenvalue weighted by molar-refractivity contribution is 5.99. The van der Waals surface area contributed by atoms with E-state index in [4.69, 9.17) is 19.4 Å². The van der Waals surface area contributed by atoms with Gasteiger partial charge >= 0.3 is 0 Å². The topological polar surface area (TPSA) is 89.4 Å². The van der Waals surface area contributed by atoms with Crippen LogP contribution in [-0.2, 0) is 16.0 Å². The molecule has 0 bridgehead atoms. The van der Waals surface area contributed by atoms with Crippen LogP contribution in [0.2, 0.25) is 0 Å². The summed E-state index contributed by atoms with van der Waals surface area (Å²) in [6, 6.07) is 2.93. The molecule has 120 valence electrons. The van der Waals surface area contributed by atoms with Gasteiger partial charge in [-0.15, -0.1) is 0 Å². The Morgan fingerprint density at radius 1 is 1.45 bits per heavy atom. The molecule has 0 radical (unpaired) electrons. The van der Waals surface area contributed by atoms with E-state index in [2.05, 4.69) is 11.9 Å². The van der Waals surface area contributed by atoms with E-state index in [0.717, 1.165) is 18.4 Å². The Hall–Kier alpha value is -2.28. The Bertz CT molecular complexity index is 586. The van der Waals surface area contributed by atoms with Crippen molar-refractivity contribution in [2.75, 3.05) is 20.8 Å². The minimum absolute atomic E-state index is 0.0964. The molecule has 1 amide bonds. The molecule has 22 heavy (non-hydrogen) atoms. The van der Waals surface area contributed by atoms with Crippen molar-refractivity contribution < 1.29 is 24.2 Å². The second-order valence-corrected chi connectivity index (χ2v) is 4.86. The van der Waals surface area contributed by atoms with Gasteiger partial charge in [-0.1, -0.05) is 13.3 Å². The van der Waals surface area contributed by atoms with Gasteiger partial charge < -0.3 is 14.2 Å². The van der Waals surface area contributed by atoms with Crippen LogP contribution in [0.25, 0.3) is 0 Å². The van der Waals surface area contributed by atoms with Gasteiger partial charge in [0.2, 0.25) is 5.90 Å². The van der Waals surface area contributed by atoms with Crippen LogP contribution in [0.3, 0.4) is 0 Å². The first kappa shape index (κ1) is 16.1. The number of aryl methyl sites for hydroxylation is 1. The van der Waals surface area contributed by atoms with Gasteiger partial charge in [0.1, 0.15) is 6.61 Å². The predicted molar refractivity (Wildman–Crippen MR) is 79.7 cm³/mol. The van der Waals surface area contributed by atoms with Crippen molar-refractivity contribution in [1.29, 1.82) is 0 Å². The molecule has 7 nitrogen and oxygen atoms in total. The minimum Gasteiger partial charge on any atom is -0.493 e. The maximum atomic E-state index is 11.4. The number of carbonyl (C=O) groups is 1. The van der Waals surface area contributed by atoms with Gasteiger partial charge in [0.25, 0.3) is 5.91 Å². The van der Waals surface area contributed by atoms with E-state index < -0.39 is 11.9 Å². The van der Waals surface area contributed by atoms with Crippen molar-refractivity contribution in [2.45, 2.75) is 25.8 Å². The largest absolute Gasteiger partial charge is 0.493 e. The zero-order valence-electron chi connectivity index (χ0n) is 12.9. The summed E-state index contributed by atoms with van der Waals surface area (Å²) in [7, 11) is 3.17. The highest BCUT2D eigenvalue weighted by Gasteiger charge is 2.27. The van der Waals surface area contributed by atoms with E-state index in [0.29, 0.717) is 23.0 Å². The normalized spacial score (nSPS) is 16.7. The maximum Gasteiger partial charge on any atom is 0.271 e. The molecule has 1 aliphatic heterocycles. The van der Waals surface area contributed by atoms with Crippen LogP contribution in [-0.4, -0.2) is 43.9 Å². The summed E-state index contributed by atoms with van der Waals surface area (Å²) >= 11 is 0. The van der Waals surface area contributed by atoms with Crippen molar-refractivity contribution >= 4 is 11.8 Å². The van der Waals surface area contributed by atoms with E-state index in [9.17, 15) is 4.79 Å². The Balaban J connectivity index is 2.39. The molecule has 1 atom stereocenters. The zero-order chi connectivity index (χ0) is 16.1. The lowest BCUT2D eigenvalue weighted by Crippen LogP contribution is -2.31. The first-order valence-corrected chi connectivity index (χ1v) is 7.04. The number of methoxy groups -OCH3 is 2. The SMILES string of the molecule is CCCc1cc(C2=N[C@H](C(=O)NO)CO2)cc(OC)c1OC. The highest BCUT2D eigenvalue weighted by Crippen LogP contribution is 2.34. The second kappa shape index (κ2) is 7.13. The summed E-state index contributed by atoms with van der Waals surface area (Å²) in [6.07, 6.45) is 1.77. The van der Waals surface area contributed by atoms with Crippen LogP contribution in [0.5, 0.6) is 11.5 Å². The molecule has 1 heterocycles. The molecule has 1 aromatic carbocycles. The Morgan fingerprint density at radius 2 is 2.23 bits per heavy atom. The number of nitrogens with one attached hydrogen (secondary N) is 1. The highest BCUT2D eigenvalue weighted by atomic mass is 16.5. The van der Waals surface area contributed by atoms with Gasteiger partial charge in [0.15, 0.2) is 17.5 Å². The fourth-order valence-corrected chi connectivity index (χ4v) is 2.36. The van der Waals surface area contributed by atoms with E-state index in [-0.39, 0.29) is 6.61 Å². The molecule has 0 fully saturated rings. The first-order valence-electron chi connectivity index (χ1n) is 7.04. The fraction of sp³-hybridized carbons (Fsp3) is 0.467. The van der Waals surface area contributed by atoms with E-state index >= 15 is 0 Å². The van der Waals surface area contributed by atoms with E-state index in [1.54, 1.807) is 25.8 Å². The lowest BCUT2D eigenvalue weighted by Gasteiger charge is -2.14. The number of aliphatic imine (C=N–C) groups is 1. The van der Waals surface area contributed by atoms with E-state index in [1.807, 2.05) is 6.07 Å². The number of amides is 1. The van der Waals surface area contributed by atoms with Gasteiger partial charge in [0.05, 0.1) is 14.2 Å². The maximum absolute atomic E-state index is 11.4. The third-order valence-corrected chi connectivity index (χ3v) is 3.39. The summed E-state index contributed by atoms with van der Waals surface area (Å²) in [6.45, 7) is 2.17. The second-order valence-electron chi connectivity index (χ2n) is 4.86. The number of carbonyl (C=O) groups excluding carboxylic acids is 1. The lowest BCUT2D eigenvalue weighted by atomic mass is 10.0. The number of hydrogen-bond acceptors (Lipinski definition) is 6. The lowest BCUT2D eigenvalue weighted by molar-refractivity contribution is -0.130. The number of hydroxylamine groups is 1. The molecule has 1 aromatic rings. The molecular formula is C15H20N2O5. The number of ether oxygens (including phenoxy) is 3. The smallest absolute Gasteiger partial charge is 0.271 e. The van der Waals surface area contributed by atoms with Crippen LogP contribution in [0, 0.1) is 0 Å². The summed E-state index contributed by atoms with van der Waals surface area (Å²) in [5.74, 6) is 1.04. The van der Waals surface area contributed by atoms with E-state index in [1.165, 1.54) is 0 Å². The quantitative estimate of drug-likeness (QED) is 0.611. The van der Waals surface area contributed by atoms with Gasteiger partial charge in [-0.05, 0) is 24.1 Å². The van der Waals surface area contributed by atoms with Crippen molar-refractivity contribution in [3.63, 3.8) is 0 Å². The van der Waals surface area contributed by atoms with Crippen LogP contribution in [0.1, 0.15) is 24.5 Å². The summed E-state index contributed by atoms with van der Waals surface area (Å²) in [5, 5.41) is 8.66. The average molecular weight is 308 g/mol. The molecule has 0 saturated heterocycles. The minimum atomic E-state index is -0.747. The number of hydrogen-bond donors (Lipinski definition) is 2. The summed E-state index contributed by atoms with van der Waals surface area (Å²) in [5.41, 5.74) is 3.28. The van der Waals surface area contributed by atoms with Crippen molar-refractivity contribution in [3.05, 3.63) is 23.3 Å². The van der Waals surface area contributed by atoms with Crippen molar-refractivity contribution in [3.8, 4) is 11.5 Å². The number of nitrogens with zero attached hydrogens (tertiary/aromatic N) is 1. The molecule has 0 saturated carbocycles. The van der Waals surface area contributed by atoms with Gasteiger partial charge in [-0.2, -0.15) is 0 Å². The van der Waals surface area contributed by atoms with Gasteiger partial charge in [-0.25, -0.2) is 10.5 Å². The number of benzene rings is 1. The summed E-state index contributed by atoms with van der Waals surface area (Å²) < 4.78 is 16.2. The molecule has 2 rings (SSSR count). The predicted octanol–water partition coefficient (Wildman–Crippen LogP) is 1.31. The Morgan fingerprint density at radius 3 is 2.82 bits per heavy atom. The third kappa shape index (κ3) is 3.14. The van der Waals surface area contributed by atoms with Crippen LogP contribution in [0.15, 0.2) is 17.1 Å². The fourth-order valence-electron chi connectivity index (χ4n) is 2.36. The van der Waals surface area contributed by atoms with Gasteiger partial charge in [-0.3, -0.25) is 10.0 Å². The Kier molecular flexibility index (Phi) is 5.21. The molecule has 7 heteroatoms. The molecule has 0 unspecified atom stereocenters. The van der Waals surface area contributed by atoms with Crippen LogP contribution in [0.4, 0.5) is 0 Å². The van der Waals surface area contributed by atoms with Crippen molar-refractivity contribution in [2.24, 2.45) is 4.99 Å².